The molecule has 0 amide bonds. The number of aromatic nitrogens is 4. The van der Waals surface area contributed by atoms with Gasteiger partial charge in [-0.15, -0.1) is 0 Å². The molecule has 0 spiro atoms. The monoisotopic (exact) mass is 712 g/mol. The average molecular weight is 713 g/mol. The van der Waals surface area contributed by atoms with Gasteiger partial charge in [0.1, 0.15) is 0 Å². The summed E-state index contributed by atoms with van der Waals surface area (Å²) in [5.74, 6) is 1.91. The first-order valence-corrected chi connectivity index (χ1v) is 18.9. The maximum Gasteiger partial charge on any atom is 0.164 e. The zero-order valence-electron chi connectivity index (χ0n) is 30.3. The van der Waals surface area contributed by atoms with Gasteiger partial charge < -0.3 is 0 Å². The van der Waals surface area contributed by atoms with Gasteiger partial charge in [0.2, 0.25) is 0 Å². The zero-order chi connectivity index (χ0) is 37.0. The predicted octanol–water partition coefficient (Wildman–Crippen LogP) is 13.2. The van der Waals surface area contributed by atoms with E-state index in [1.165, 1.54) is 60.7 Å². The van der Waals surface area contributed by atoms with Crippen molar-refractivity contribution >= 4 is 21.5 Å². The fourth-order valence-corrected chi connectivity index (χ4v) is 8.50. The standard InChI is InChI=1S/C52H32N4/c1-4-13-35(14-5-1)45-39-19-10-11-20-40(39)46(36-15-6-2-7-16-36)49-44-28-27-42(41-21-12-22-43(47(41)44)48(45)49)52-55-50(37-17-8-3-9-18-37)54-51(56-52)38-25-23-33(24-26-38)34-29-31-53-32-30-34/h1-32H. The van der Waals surface area contributed by atoms with Gasteiger partial charge in [-0.1, -0.05) is 164 Å². The largest absolute Gasteiger partial charge is 0.265 e. The molecular formula is C52H32N4. The van der Waals surface area contributed by atoms with Crippen molar-refractivity contribution in [3.8, 4) is 89.8 Å². The van der Waals surface area contributed by atoms with E-state index in [4.69, 9.17) is 15.0 Å². The van der Waals surface area contributed by atoms with Gasteiger partial charge in [0.05, 0.1) is 0 Å². The molecule has 4 nitrogen and oxygen atoms in total. The molecule has 0 N–H and O–H groups in total. The summed E-state index contributed by atoms with van der Waals surface area (Å²) in [6.45, 7) is 0. The molecule has 10 aromatic rings. The highest BCUT2D eigenvalue weighted by atomic mass is 15.0. The third kappa shape index (κ3) is 5.15. The van der Waals surface area contributed by atoms with Crippen molar-refractivity contribution in [3.05, 3.63) is 194 Å². The Labute approximate surface area is 324 Å². The smallest absolute Gasteiger partial charge is 0.164 e. The molecule has 2 aromatic heterocycles. The van der Waals surface area contributed by atoms with Gasteiger partial charge in [-0.25, -0.2) is 15.0 Å². The number of rotatable bonds is 6. The SMILES string of the molecule is c1ccc(-c2nc(-c3ccc(-c4ccncc4)cc3)nc(-c3ccc4c5c(cccc35)-c3c-4c(-c4ccccc4)c4ccccc4c3-c3ccccc3)n2)cc1. The lowest BCUT2D eigenvalue weighted by molar-refractivity contribution is 1.08. The zero-order valence-corrected chi connectivity index (χ0v) is 30.3. The second-order valence-electron chi connectivity index (χ2n) is 14.2. The molecule has 11 rings (SSSR count). The van der Waals surface area contributed by atoms with Gasteiger partial charge in [-0.05, 0) is 95.4 Å². The molecular weight excluding hydrogens is 681 g/mol. The molecule has 8 aromatic carbocycles. The van der Waals surface area contributed by atoms with E-state index < -0.39 is 0 Å². The highest BCUT2D eigenvalue weighted by Gasteiger charge is 2.31. The first-order chi connectivity index (χ1) is 27.8. The molecule has 260 valence electrons. The lowest BCUT2D eigenvalue weighted by Gasteiger charge is -2.20. The van der Waals surface area contributed by atoms with E-state index in [0.29, 0.717) is 17.5 Å². The molecule has 0 unspecified atom stereocenters. The molecule has 0 atom stereocenters. The molecule has 0 bridgehead atoms. The van der Waals surface area contributed by atoms with Crippen LogP contribution in [0.15, 0.2) is 194 Å². The van der Waals surface area contributed by atoms with E-state index in [1.54, 1.807) is 0 Å². The van der Waals surface area contributed by atoms with Crippen molar-refractivity contribution in [2.45, 2.75) is 0 Å². The minimum absolute atomic E-state index is 0.630. The number of nitrogens with zero attached hydrogens (tertiary/aromatic N) is 4. The van der Waals surface area contributed by atoms with E-state index in [0.717, 1.165) is 33.2 Å². The molecule has 56 heavy (non-hydrogen) atoms. The van der Waals surface area contributed by atoms with Gasteiger partial charge in [0.25, 0.3) is 0 Å². The van der Waals surface area contributed by atoms with Crippen LogP contribution in [-0.4, -0.2) is 19.9 Å². The second kappa shape index (κ2) is 13.1. The third-order valence-electron chi connectivity index (χ3n) is 11.0. The third-order valence-corrected chi connectivity index (χ3v) is 11.0. The fourth-order valence-electron chi connectivity index (χ4n) is 8.50. The molecule has 0 fully saturated rings. The van der Waals surface area contributed by atoms with Gasteiger partial charge in [-0.2, -0.15) is 0 Å². The van der Waals surface area contributed by atoms with E-state index in [1.807, 2.05) is 42.7 Å². The van der Waals surface area contributed by atoms with Crippen LogP contribution in [0.5, 0.6) is 0 Å². The number of hydrogen-bond acceptors (Lipinski definition) is 4. The Morgan fingerprint density at radius 1 is 0.250 bits per heavy atom. The minimum atomic E-state index is 0.630. The first kappa shape index (κ1) is 31.9. The van der Waals surface area contributed by atoms with Crippen molar-refractivity contribution in [2.24, 2.45) is 0 Å². The summed E-state index contributed by atoms with van der Waals surface area (Å²) >= 11 is 0. The van der Waals surface area contributed by atoms with Crippen LogP contribution in [0.1, 0.15) is 0 Å². The predicted molar refractivity (Wildman–Crippen MR) is 230 cm³/mol. The Balaban J connectivity index is 1.17. The van der Waals surface area contributed by atoms with Gasteiger partial charge in [0, 0.05) is 29.1 Å². The van der Waals surface area contributed by atoms with E-state index in [9.17, 15) is 0 Å². The molecule has 1 aliphatic rings. The molecule has 4 heteroatoms. The molecule has 0 radical (unpaired) electrons. The molecule has 0 saturated heterocycles. The van der Waals surface area contributed by atoms with Crippen molar-refractivity contribution in [1.29, 1.82) is 0 Å². The van der Waals surface area contributed by atoms with E-state index >= 15 is 0 Å². The van der Waals surface area contributed by atoms with Crippen LogP contribution >= 0.6 is 0 Å². The number of fused-ring (bicyclic) bond motifs is 4. The molecule has 2 heterocycles. The maximum atomic E-state index is 5.22. The molecule has 1 aliphatic carbocycles. The van der Waals surface area contributed by atoms with E-state index in [-0.39, 0.29) is 0 Å². The lowest BCUT2D eigenvalue weighted by atomic mass is 9.82. The Morgan fingerprint density at radius 2 is 0.679 bits per heavy atom. The summed E-state index contributed by atoms with van der Waals surface area (Å²) in [7, 11) is 0. The van der Waals surface area contributed by atoms with Crippen molar-refractivity contribution in [1.82, 2.24) is 19.9 Å². The summed E-state index contributed by atoms with van der Waals surface area (Å²) in [6.07, 6.45) is 3.63. The topological polar surface area (TPSA) is 51.6 Å². The molecule has 0 saturated carbocycles. The summed E-state index contributed by atoms with van der Waals surface area (Å²) in [4.78, 5) is 19.6. The average Bonchev–Trinajstić information content (AvgIpc) is 3.61. The summed E-state index contributed by atoms with van der Waals surface area (Å²) in [6, 6.07) is 64.4. The Bertz CT molecular complexity index is 3000. The summed E-state index contributed by atoms with van der Waals surface area (Å²) in [5, 5.41) is 4.81. The van der Waals surface area contributed by atoms with Crippen LogP contribution in [-0.2, 0) is 0 Å². The van der Waals surface area contributed by atoms with Gasteiger partial charge in [-0.3, -0.25) is 4.98 Å². The van der Waals surface area contributed by atoms with Crippen LogP contribution in [0, 0.1) is 0 Å². The Kier molecular flexibility index (Phi) is 7.46. The van der Waals surface area contributed by atoms with Crippen molar-refractivity contribution in [2.75, 3.05) is 0 Å². The lowest BCUT2D eigenvalue weighted by Crippen LogP contribution is -2.00. The van der Waals surface area contributed by atoms with Crippen molar-refractivity contribution in [3.63, 3.8) is 0 Å². The maximum absolute atomic E-state index is 5.22. The number of pyridine rings is 1. The highest BCUT2D eigenvalue weighted by Crippen LogP contribution is 2.58. The van der Waals surface area contributed by atoms with E-state index in [2.05, 4.69) is 157 Å². The number of hydrogen-bond donors (Lipinski definition) is 0. The van der Waals surface area contributed by atoms with Crippen LogP contribution in [0.2, 0.25) is 0 Å². The second-order valence-corrected chi connectivity index (χ2v) is 14.2. The first-order valence-electron chi connectivity index (χ1n) is 18.9. The Hall–Kier alpha value is -7.56. The minimum Gasteiger partial charge on any atom is -0.265 e. The van der Waals surface area contributed by atoms with Gasteiger partial charge in [0.15, 0.2) is 17.5 Å². The Morgan fingerprint density at radius 3 is 1.27 bits per heavy atom. The van der Waals surface area contributed by atoms with Crippen LogP contribution in [0.4, 0.5) is 0 Å². The van der Waals surface area contributed by atoms with Gasteiger partial charge >= 0.3 is 0 Å². The number of benzene rings is 8. The summed E-state index contributed by atoms with van der Waals surface area (Å²) in [5.41, 5.74) is 15.0. The quantitative estimate of drug-likeness (QED) is 0.172. The van der Waals surface area contributed by atoms with Crippen molar-refractivity contribution < 1.29 is 0 Å². The highest BCUT2D eigenvalue weighted by molar-refractivity contribution is 6.28. The normalized spacial score (nSPS) is 11.6. The molecule has 0 aliphatic heterocycles. The fraction of sp³-hybridized carbons (Fsp3) is 0. The van der Waals surface area contributed by atoms with Crippen LogP contribution in [0.3, 0.4) is 0 Å². The van der Waals surface area contributed by atoms with Crippen LogP contribution in [0.25, 0.3) is 111 Å². The van der Waals surface area contributed by atoms with Crippen LogP contribution < -0.4 is 0 Å². The summed E-state index contributed by atoms with van der Waals surface area (Å²) < 4.78 is 0.